The predicted molar refractivity (Wildman–Crippen MR) is 123 cm³/mol. The summed E-state index contributed by atoms with van der Waals surface area (Å²) in [7, 11) is 0. The van der Waals surface area contributed by atoms with Crippen LogP contribution in [-0.2, 0) is 14.2 Å². The van der Waals surface area contributed by atoms with Crippen LogP contribution in [0.3, 0.4) is 0 Å². The van der Waals surface area contributed by atoms with Crippen molar-refractivity contribution in [1.82, 2.24) is 5.01 Å². The van der Waals surface area contributed by atoms with Crippen molar-refractivity contribution in [3.05, 3.63) is 38.2 Å². The lowest BCUT2D eigenvalue weighted by Crippen LogP contribution is -2.56. The van der Waals surface area contributed by atoms with Crippen LogP contribution in [0.5, 0.6) is 0 Å². The highest BCUT2D eigenvalue weighted by molar-refractivity contribution is 6.01. The van der Waals surface area contributed by atoms with Gasteiger partial charge in [0.25, 0.3) is 0 Å². The second kappa shape index (κ2) is 10.3. The van der Waals surface area contributed by atoms with Gasteiger partial charge in [-0.1, -0.05) is 0 Å². The molecule has 0 bridgehead atoms. The number of nitrogens with zero attached hydrogens (tertiary/aromatic N) is 4. The van der Waals surface area contributed by atoms with Gasteiger partial charge in [-0.25, -0.2) is 14.4 Å². The lowest BCUT2D eigenvalue weighted by molar-refractivity contribution is -0.395. The summed E-state index contributed by atoms with van der Waals surface area (Å²) in [6.07, 6.45) is -4.61. The van der Waals surface area contributed by atoms with E-state index in [1.807, 2.05) is 0 Å². The molecule has 1 aromatic carbocycles. The van der Waals surface area contributed by atoms with Gasteiger partial charge in [0.1, 0.15) is 16.8 Å². The van der Waals surface area contributed by atoms with E-state index in [9.17, 15) is 39.0 Å². The summed E-state index contributed by atoms with van der Waals surface area (Å²) in [5.74, 6) is -1.59. The minimum absolute atomic E-state index is 0.0400. The fourth-order valence-corrected chi connectivity index (χ4v) is 2.44. The number of nitro benzene ring substituents is 2. The van der Waals surface area contributed by atoms with E-state index in [4.69, 9.17) is 14.2 Å². The number of nitro groups is 2. The summed E-state index contributed by atoms with van der Waals surface area (Å²) < 4.78 is 30.2. The molecule has 3 amide bonds. The molecule has 15 heteroatoms. The van der Waals surface area contributed by atoms with Crippen molar-refractivity contribution in [2.75, 3.05) is 5.01 Å². The first-order valence-corrected chi connectivity index (χ1v) is 10.5. The van der Waals surface area contributed by atoms with Gasteiger partial charge in [-0.15, -0.1) is 5.01 Å². The SMILES string of the molecule is CC(C)(C)OC(=O)N(C(=O)OC(C)(C)C)N(C(=O)OC(C)(C)C)c1cc(F)c([N+](=O)[O-])cc1[N+](=O)[O-]. The molecule has 0 spiro atoms. The van der Waals surface area contributed by atoms with Crippen molar-refractivity contribution in [3.8, 4) is 0 Å². The third-order valence-electron chi connectivity index (χ3n) is 3.56. The molecule has 0 aliphatic heterocycles. The molecule has 0 heterocycles. The van der Waals surface area contributed by atoms with E-state index in [1.54, 1.807) is 0 Å². The fourth-order valence-electron chi connectivity index (χ4n) is 2.44. The molecule has 200 valence electrons. The van der Waals surface area contributed by atoms with Crippen molar-refractivity contribution in [2.45, 2.75) is 79.1 Å². The lowest BCUT2D eigenvalue weighted by Gasteiger charge is -2.35. The van der Waals surface area contributed by atoms with Crippen molar-refractivity contribution in [3.63, 3.8) is 0 Å². The number of hydrogen-bond acceptors (Lipinski definition) is 10. The molecule has 36 heavy (non-hydrogen) atoms. The maximum Gasteiger partial charge on any atom is 0.440 e. The lowest BCUT2D eigenvalue weighted by atomic mass is 10.2. The number of rotatable bonds is 3. The largest absolute Gasteiger partial charge is 0.442 e. The Morgan fingerprint density at radius 3 is 1.42 bits per heavy atom. The standard InChI is InChI=1S/C21H29FN4O10/c1-19(2,3)34-16(27)23(14-10-12(22)13(25(30)31)11-15(14)26(32)33)24(17(28)35-20(4,5)6)18(29)36-21(7,8)9/h10-11H,1-9H3. The zero-order valence-corrected chi connectivity index (χ0v) is 21.4. The summed E-state index contributed by atoms with van der Waals surface area (Å²) >= 11 is 0. The number of hydrogen-bond donors (Lipinski definition) is 0. The maximum absolute atomic E-state index is 14.6. The summed E-state index contributed by atoms with van der Waals surface area (Å²) in [6, 6.07) is 0.492. The summed E-state index contributed by atoms with van der Waals surface area (Å²) in [4.78, 5) is 59.9. The molecule has 0 saturated heterocycles. The van der Waals surface area contributed by atoms with Crippen LogP contribution >= 0.6 is 0 Å². The zero-order valence-electron chi connectivity index (χ0n) is 21.4. The summed E-state index contributed by atoms with van der Waals surface area (Å²) in [5, 5.41) is 22.9. The predicted octanol–water partition coefficient (Wildman–Crippen LogP) is 5.47. The van der Waals surface area contributed by atoms with Gasteiger partial charge < -0.3 is 14.2 Å². The Morgan fingerprint density at radius 1 is 0.722 bits per heavy atom. The summed E-state index contributed by atoms with van der Waals surface area (Å²) in [5.41, 5.74) is -7.24. The van der Waals surface area contributed by atoms with Crippen LogP contribution in [0.1, 0.15) is 62.3 Å². The Morgan fingerprint density at radius 2 is 1.08 bits per heavy atom. The van der Waals surface area contributed by atoms with Crippen LogP contribution in [-0.4, -0.2) is 49.9 Å². The van der Waals surface area contributed by atoms with E-state index in [-0.39, 0.29) is 22.2 Å². The van der Waals surface area contributed by atoms with Gasteiger partial charge in [-0.2, -0.15) is 9.40 Å². The average Bonchev–Trinajstić information content (AvgIpc) is 2.60. The molecule has 0 aliphatic rings. The van der Waals surface area contributed by atoms with Crippen molar-refractivity contribution >= 4 is 35.3 Å². The number of imide groups is 1. The molecule has 1 rings (SSSR count). The Labute approximate surface area is 206 Å². The van der Waals surface area contributed by atoms with E-state index in [1.165, 1.54) is 62.3 Å². The Hall–Kier alpha value is -4.04. The molecule has 1 aromatic rings. The molecule has 0 radical (unpaired) electrons. The number of carbonyl (C=O) groups is 3. The molecule has 0 saturated carbocycles. The highest BCUT2D eigenvalue weighted by atomic mass is 19.1. The molecule has 0 atom stereocenters. The topological polar surface area (TPSA) is 172 Å². The first kappa shape index (κ1) is 30.0. The number of hydrazine groups is 1. The Kier molecular flexibility index (Phi) is 8.58. The van der Waals surface area contributed by atoms with Gasteiger partial charge in [0, 0.05) is 6.07 Å². The van der Waals surface area contributed by atoms with E-state index < -0.39 is 67.8 Å². The molecular formula is C21H29FN4O10. The van der Waals surface area contributed by atoms with E-state index in [0.717, 1.165) is 0 Å². The molecular weight excluding hydrogens is 487 g/mol. The number of amides is 3. The first-order valence-electron chi connectivity index (χ1n) is 10.5. The van der Waals surface area contributed by atoms with Crippen LogP contribution in [0, 0.1) is 26.0 Å². The van der Waals surface area contributed by atoms with Gasteiger partial charge in [0.15, 0.2) is 5.69 Å². The van der Waals surface area contributed by atoms with Gasteiger partial charge in [0.05, 0.1) is 15.9 Å². The molecule has 14 nitrogen and oxygen atoms in total. The monoisotopic (exact) mass is 516 g/mol. The first-order chi connectivity index (χ1) is 16.0. The van der Waals surface area contributed by atoms with E-state index in [0.29, 0.717) is 0 Å². The third kappa shape index (κ3) is 8.32. The van der Waals surface area contributed by atoms with Crippen LogP contribution < -0.4 is 5.01 Å². The van der Waals surface area contributed by atoms with Crippen LogP contribution in [0.4, 0.5) is 35.8 Å². The quantitative estimate of drug-likeness (QED) is 0.285. The Balaban J connectivity index is 4.03. The second-order valence-corrected chi connectivity index (χ2v) is 10.4. The van der Waals surface area contributed by atoms with Gasteiger partial charge >= 0.3 is 29.7 Å². The summed E-state index contributed by atoms with van der Waals surface area (Å²) in [6.45, 7) is 12.9. The van der Waals surface area contributed by atoms with Crippen molar-refractivity contribution in [2.24, 2.45) is 0 Å². The van der Waals surface area contributed by atoms with E-state index in [2.05, 4.69) is 0 Å². The van der Waals surface area contributed by atoms with Crippen molar-refractivity contribution < 1.29 is 42.8 Å². The van der Waals surface area contributed by atoms with Crippen LogP contribution in [0.15, 0.2) is 12.1 Å². The average molecular weight is 516 g/mol. The number of carbonyl (C=O) groups excluding carboxylic acids is 3. The maximum atomic E-state index is 14.6. The molecule has 0 N–H and O–H groups in total. The van der Waals surface area contributed by atoms with Gasteiger partial charge in [-0.3, -0.25) is 20.2 Å². The number of anilines is 1. The van der Waals surface area contributed by atoms with Crippen LogP contribution in [0.25, 0.3) is 0 Å². The zero-order chi connectivity index (χ0) is 28.4. The second-order valence-electron chi connectivity index (χ2n) is 10.4. The molecule has 0 aromatic heterocycles. The highest BCUT2D eigenvalue weighted by Gasteiger charge is 2.44. The third-order valence-corrected chi connectivity index (χ3v) is 3.56. The normalized spacial score (nSPS) is 11.8. The molecule has 0 unspecified atom stereocenters. The number of ether oxygens (including phenoxy) is 3. The smallest absolute Gasteiger partial charge is 0.440 e. The van der Waals surface area contributed by atoms with Crippen molar-refractivity contribution in [1.29, 1.82) is 0 Å². The minimum Gasteiger partial charge on any atom is -0.442 e. The van der Waals surface area contributed by atoms with Gasteiger partial charge in [0.2, 0.25) is 5.82 Å². The van der Waals surface area contributed by atoms with E-state index >= 15 is 0 Å². The minimum atomic E-state index is -1.59. The number of halogens is 1. The molecule has 0 aliphatic carbocycles. The number of benzene rings is 1. The van der Waals surface area contributed by atoms with Crippen LogP contribution in [0.2, 0.25) is 0 Å². The highest BCUT2D eigenvalue weighted by Crippen LogP contribution is 2.37. The van der Waals surface area contributed by atoms with Gasteiger partial charge in [-0.05, 0) is 62.3 Å². The fraction of sp³-hybridized carbons (Fsp3) is 0.571. The molecule has 0 fully saturated rings. The Bertz CT molecular complexity index is 1040.